The number of benzene rings is 1. The molecule has 0 fully saturated rings. The SMILES string of the molecule is CCc1c(N)c(N)c(C)c(CCO)c1CC. The van der Waals surface area contributed by atoms with E-state index < -0.39 is 0 Å². The highest BCUT2D eigenvalue weighted by Crippen LogP contribution is 2.33. The van der Waals surface area contributed by atoms with Gasteiger partial charge >= 0.3 is 0 Å². The Kier molecular flexibility index (Phi) is 4.19. The zero-order chi connectivity index (χ0) is 12.3. The van der Waals surface area contributed by atoms with Gasteiger partial charge in [0.05, 0.1) is 11.4 Å². The summed E-state index contributed by atoms with van der Waals surface area (Å²) >= 11 is 0. The fraction of sp³-hybridized carbons (Fsp3) is 0.538. The number of hydrogen-bond acceptors (Lipinski definition) is 3. The van der Waals surface area contributed by atoms with Crippen molar-refractivity contribution in [2.75, 3.05) is 18.1 Å². The molecule has 0 spiro atoms. The van der Waals surface area contributed by atoms with E-state index in [0.29, 0.717) is 12.1 Å². The van der Waals surface area contributed by atoms with Gasteiger partial charge in [0.1, 0.15) is 0 Å². The lowest BCUT2D eigenvalue weighted by Gasteiger charge is -2.20. The van der Waals surface area contributed by atoms with Crippen LogP contribution in [0.1, 0.15) is 36.1 Å². The molecule has 0 unspecified atom stereocenters. The maximum Gasteiger partial charge on any atom is 0.0585 e. The quantitative estimate of drug-likeness (QED) is 0.680. The van der Waals surface area contributed by atoms with Gasteiger partial charge in [0.15, 0.2) is 0 Å². The Morgan fingerprint density at radius 1 is 0.938 bits per heavy atom. The van der Waals surface area contributed by atoms with E-state index in [1.165, 1.54) is 11.1 Å². The monoisotopic (exact) mass is 222 g/mol. The highest BCUT2D eigenvalue weighted by molar-refractivity contribution is 5.75. The van der Waals surface area contributed by atoms with Crippen molar-refractivity contribution >= 4 is 11.4 Å². The molecule has 0 atom stereocenters. The van der Waals surface area contributed by atoms with Crippen molar-refractivity contribution in [1.82, 2.24) is 0 Å². The second-order valence-corrected chi connectivity index (χ2v) is 4.07. The summed E-state index contributed by atoms with van der Waals surface area (Å²) < 4.78 is 0. The topological polar surface area (TPSA) is 72.3 Å². The van der Waals surface area contributed by atoms with Gasteiger partial charge in [0.25, 0.3) is 0 Å². The lowest BCUT2D eigenvalue weighted by Crippen LogP contribution is -2.11. The smallest absolute Gasteiger partial charge is 0.0585 e. The summed E-state index contributed by atoms with van der Waals surface area (Å²) in [6.45, 7) is 6.34. The molecule has 1 rings (SSSR count). The molecule has 3 nitrogen and oxygen atoms in total. The van der Waals surface area contributed by atoms with E-state index in [1.54, 1.807) is 0 Å². The van der Waals surface area contributed by atoms with Gasteiger partial charge in [-0.3, -0.25) is 0 Å². The van der Waals surface area contributed by atoms with E-state index in [0.717, 1.165) is 29.7 Å². The summed E-state index contributed by atoms with van der Waals surface area (Å²) in [4.78, 5) is 0. The molecular weight excluding hydrogens is 200 g/mol. The molecule has 16 heavy (non-hydrogen) atoms. The fourth-order valence-corrected chi connectivity index (χ4v) is 2.38. The van der Waals surface area contributed by atoms with Crippen molar-refractivity contribution in [2.45, 2.75) is 40.0 Å². The van der Waals surface area contributed by atoms with Crippen molar-refractivity contribution in [2.24, 2.45) is 0 Å². The van der Waals surface area contributed by atoms with E-state index in [2.05, 4.69) is 13.8 Å². The summed E-state index contributed by atoms with van der Waals surface area (Å²) in [5.74, 6) is 0. The average molecular weight is 222 g/mol. The van der Waals surface area contributed by atoms with E-state index >= 15 is 0 Å². The molecule has 1 aromatic carbocycles. The van der Waals surface area contributed by atoms with Gasteiger partial charge in [-0.05, 0) is 48.4 Å². The predicted molar refractivity (Wildman–Crippen MR) is 69.5 cm³/mol. The van der Waals surface area contributed by atoms with Crippen LogP contribution in [-0.2, 0) is 19.3 Å². The Morgan fingerprint density at radius 3 is 1.94 bits per heavy atom. The number of aliphatic hydroxyl groups excluding tert-OH is 1. The molecule has 1 aromatic rings. The lowest BCUT2D eigenvalue weighted by molar-refractivity contribution is 0.299. The standard InChI is InChI=1S/C13H22N2O/c1-4-9-10(5-2)13(15)12(14)8(3)11(9)6-7-16/h16H,4-7,14-15H2,1-3H3. The minimum Gasteiger partial charge on any atom is -0.397 e. The van der Waals surface area contributed by atoms with Crippen molar-refractivity contribution in [3.8, 4) is 0 Å². The third kappa shape index (κ3) is 2.00. The van der Waals surface area contributed by atoms with Crippen molar-refractivity contribution in [1.29, 1.82) is 0 Å². The first-order valence-corrected chi connectivity index (χ1v) is 5.87. The molecule has 0 saturated carbocycles. The van der Waals surface area contributed by atoms with Gasteiger partial charge in [0, 0.05) is 6.61 Å². The van der Waals surface area contributed by atoms with Crippen LogP contribution in [0.25, 0.3) is 0 Å². The second kappa shape index (κ2) is 5.21. The van der Waals surface area contributed by atoms with Crippen molar-refractivity contribution < 1.29 is 5.11 Å². The lowest BCUT2D eigenvalue weighted by atomic mass is 9.89. The number of hydrogen-bond donors (Lipinski definition) is 3. The molecule has 0 aliphatic carbocycles. The van der Waals surface area contributed by atoms with Crippen molar-refractivity contribution in [3.63, 3.8) is 0 Å². The minimum absolute atomic E-state index is 0.153. The Labute approximate surface area is 97.5 Å². The van der Waals surface area contributed by atoms with Crippen LogP contribution in [0.3, 0.4) is 0 Å². The first-order chi connectivity index (χ1) is 7.58. The van der Waals surface area contributed by atoms with Crippen LogP contribution in [0, 0.1) is 6.92 Å². The normalized spacial score (nSPS) is 10.8. The maximum absolute atomic E-state index is 9.12. The molecule has 0 radical (unpaired) electrons. The summed E-state index contributed by atoms with van der Waals surface area (Å²) in [5, 5.41) is 9.12. The highest BCUT2D eigenvalue weighted by atomic mass is 16.2. The average Bonchev–Trinajstić information content (AvgIpc) is 2.29. The molecule has 5 N–H and O–H groups in total. The van der Waals surface area contributed by atoms with E-state index in [9.17, 15) is 0 Å². The maximum atomic E-state index is 9.12. The highest BCUT2D eigenvalue weighted by Gasteiger charge is 2.15. The zero-order valence-corrected chi connectivity index (χ0v) is 10.4. The van der Waals surface area contributed by atoms with Crippen LogP contribution in [0.2, 0.25) is 0 Å². The van der Waals surface area contributed by atoms with Crippen LogP contribution in [0.15, 0.2) is 0 Å². The largest absolute Gasteiger partial charge is 0.397 e. The summed E-state index contributed by atoms with van der Waals surface area (Å²) in [6, 6.07) is 0. The molecule has 3 heteroatoms. The van der Waals surface area contributed by atoms with Crippen LogP contribution in [0.5, 0.6) is 0 Å². The number of nitrogens with two attached hydrogens (primary N) is 2. The molecule has 90 valence electrons. The van der Waals surface area contributed by atoms with Gasteiger partial charge in [-0.15, -0.1) is 0 Å². The summed E-state index contributed by atoms with van der Waals surface area (Å²) in [5.41, 5.74) is 18.1. The van der Waals surface area contributed by atoms with Gasteiger partial charge in [0.2, 0.25) is 0 Å². The molecule has 0 amide bonds. The molecule has 0 bridgehead atoms. The van der Waals surface area contributed by atoms with Gasteiger partial charge in [-0.25, -0.2) is 0 Å². The third-order valence-electron chi connectivity index (χ3n) is 3.27. The number of nitrogen functional groups attached to an aromatic ring is 2. The van der Waals surface area contributed by atoms with E-state index in [1.807, 2.05) is 6.92 Å². The summed E-state index contributed by atoms with van der Waals surface area (Å²) in [6.07, 6.45) is 2.48. The van der Waals surface area contributed by atoms with Crippen LogP contribution in [0.4, 0.5) is 11.4 Å². The molecule has 0 saturated heterocycles. The number of aliphatic hydroxyl groups is 1. The Balaban J connectivity index is 3.51. The third-order valence-corrected chi connectivity index (χ3v) is 3.27. The minimum atomic E-state index is 0.153. The zero-order valence-electron chi connectivity index (χ0n) is 10.4. The van der Waals surface area contributed by atoms with Crippen molar-refractivity contribution in [3.05, 3.63) is 22.3 Å². The predicted octanol–water partition coefficient (Wildman–Crippen LogP) is 1.82. The Hall–Kier alpha value is -1.22. The number of rotatable bonds is 4. The molecule has 0 aliphatic rings. The van der Waals surface area contributed by atoms with Gasteiger partial charge in [-0.2, -0.15) is 0 Å². The molecular formula is C13H22N2O. The molecule has 0 aliphatic heterocycles. The van der Waals surface area contributed by atoms with Gasteiger partial charge in [-0.1, -0.05) is 13.8 Å². The molecule has 0 aromatic heterocycles. The van der Waals surface area contributed by atoms with Crippen LogP contribution in [-0.4, -0.2) is 11.7 Å². The Morgan fingerprint density at radius 2 is 1.50 bits per heavy atom. The summed E-state index contributed by atoms with van der Waals surface area (Å²) in [7, 11) is 0. The van der Waals surface area contributed by atoms with Crippen LogP contribution >= 0.6 is 0 Å². The first kappa shape index (κ1) is 12.8. The molecule has 0 heterocycles. The van der Waals surface area contributed by atoms with E-state index in [-0.39, 0.29) is 6.61 Å². The van der Waals surface area contributed by atoms with E-state index in [4.69, 9.17) is 16.6 Å². The fourth-order valence-electron chi connectivity index (χ4n) is 2.38. The first-order valence-electron chi connectivity index (χ1n) is 5.87. The van der Waals surface area contributed by atoms with Crippen LogP contribution < -0.4 is 11.5 Å². The number of anilines is 2. The second-order valence-electron chi connectivity index (χ2n) is 4.07. The Bertz CT molecular complexity index is 386. The van der Waals surface area contributed by atoms with Gasteiger partial charge < -0.3 is 16.6 Å².